The first-order valence-electron chi connectivity index (χ1n) is 8.44. The number of carbonyl (C=O) groups is 2. The van der Waals surface area contributed by atoms with E-state index in [1.807, 2.05) is 0 Å². The van der Waals surface area contributed by atoms with Crippen LogP contribution >= 0.6 is 0 Å². The second kappa shape index (κ2) is 7.87. The quantitative estimate of drug-likeness (QED) is 0.776. The van der Waals surface area contributed by atoms with Crippen LogP contribution < -0.4 is 15.4 Å². The Morgan fingerprint density at radius 1 is 1.14 bits per heavy atom. The van der Waals surface area contributed by atoms with E-state index in [-0.39, 0.29) is 35.9 Å². The van der Waals surface area contributed by atoms with E-state index in [1.54, 1.807) is 0 Å². The first-order valence-corrected chi connectivity index (χ1v) is 8.44. The lowest BCUT2D eigenvalue weighted by Gasteiger charge is -2.24. The van der Waals surface area contributed by atoms with Crippen molar-refractivity contribution in [3.05, 3.63) is 59.4 Å². The van der Waals surface area contributed by atoms with E-state index in [2.05, 4.69) is 10.6 Å². The maximum Gasteiger partial charge on any atom is 0.416 e. The van der Waals surface area contributed by atoms with Crippen LogP contribution in [0, 0.1) is 5.82 Å². The highest BCUT2D eigenvalue weighted by molar-refractivity contribution is 5.97. The molecule has 0 aromatic heterocycles. The van der Waals surface area contributed by atoms with E-state index in [1.165, 1.54) is 12.1 Å². The van der Waals surface area contributed by atoms with Gasteiger partial charge in [0.25, 0.3) is 5.91 Å². The molecule has 3 rings (SSSR count). The molecule has 1 fully saturated rings. The molecule has 5 nitrogen and oxygen atoms in total. The van der Waals surface area contributed by atoms with Crippen LogP contribution in [-0.4, -0.2) is 24.4 Å². The highest BCUT2D eigenvalue weighted by Gasteiger charge is 2.32. The van der Waals surface area contributed by atoms with E-state index in [4.69, 9.17) is 4.74 Å². The maximum absolute atomic E-state index is 13.1. The third-order valence-electron chi connectivity index (χ3n) is 4.19. The average Bonchev–Trinajstić information content (AvgIpc) is 2.65. The van der Waals surface area contributed by atoms with Crippen molar-refractivity contribution in [2.24, 2.45) is 0 Å². The second-order valence-electron chi connectivity index (χ2n) is 6.28. The third kappa shape index (κ3) is 4.79. The smallest absolute Gasteiger partial charge is 0.416 e. The van der Waals surface area contributed by atoms with Crippen LogP contribution in [0.15, 0.2) is 42.5 Å². The Hall–Kier alpha value is -3.10. The van der Waals surface area contributed by atoms with Gasteiger partial charge in [0, 0.05) is 19.0 Å². The lowest BCUT2D eigenvalue weighted by atomic mass is 10.0. The van der Waals surface area contributed by atoms with Gasteiger partial charge in [0.2, 0.25) is 5.91 Å². The van der Waals surface area contributed by atoms with Crippen LogP contribution in [0.3, 0.4) is 0 Å². The van der Waals surface area contributed by atoms with Gasteiger partial charge in [0.15, 0.2) is 0 Å². The molecule has 2 N–H and O–H groups in total. The zero-order chi connectivity index (χ0) is 20.3. The van der Waals surface area contributed by atoms with Gasteiger partial charge in [-0.3, -0.25) is 9.59 Å². The van der Waals surface area contributed by atoms with Gasteiger partial charge in [-0.05, 0) is 48.9 Å². The van der Waals surface area contributed by atoms with E-state index in [0.717, 1.165) is 24.3 Å². The minimum Gasteiger partial charge on any atom is -0.457 e. The monoisotopic (exact) mass is 396 g/mol. The van der Waals surface area contributed by atoms with Crippen LogP contribution in [0.1, 0.15) is 28.8 Å². The predicted octanol–water partition coefficient (Wildman–Crippen LogP) is 3.65. The Morgan fingerprint density at radius 3 is 2.46 bits per heavy atom. The Balaban J connectivity index is 1.87. The average molecular weight is 396 g/mol. The normalized spacial score (nSPS) is 17.0. The summed E-state index contributed by atoms with van der Waals surface area (Å²) in [5.41, 5.74) is -1.31. The van der Waals surface area contributed by atoms with Gasteiger partial charge in [0.1, 0.15) is 17.3 Å². The minimum atomic E-state index is -4.64. The first kappa shape index (κ1) is 19.7. The van der Waals surface area contributed by atoms with Crippen LogP contribution in [0.5, 0.6) is 11.5 Å². The topological polar surface area (TPSA) is 67.4 Å². The van der Waals surface area contributed by atoms with Gasteiger partial charge in [-0.25, -0.2) is 4.39 Å². The number of nitrogens with one attached hydrogen (secondary N) is 2. The van der Waals surface area contributed by atoms with Crippen LogP contribution in [-0.2, 0) is 11.0 Å². The maximum atomic E-state index is 13.1. The van der Waals surface area contributed by atoms with Gasteiger partial charge in [-0.1, -0.05) is 0 Å². The lowest BCUT2D eigenvalue weighted by molar-refractivity contribution is -0.137. The molecule has 0 aliphatic carbocycles. The number of benzene rings is 2. The summed E-state index contributed by atoms with van der Waals surface area (Å²) in [7, 11) is 0. The van der Waals surface area contributed by atoms with E-state index in [0.29, 0.717) is 12.5 Å². The summed E-state index contributed by atoms with van der Waals surface area (Å²) in [5, 5.41) is 5.19. The van der Waals surface area contributed by atoms with Crippen molar-refractivity contribution in [1.82, 2.24) is 10.6 Å². The molecule has 2 aromatic carbocycles. The number of carbonyl (C=O) groups excluding carboxylic acids is 2. The molecule has 1 aliphatic rings. The molecule has 1 saturated heterocycles. The third-order valence-corrected chi connectivity index (χ3v) is 4.19. The van der Waals surface area contributed by atoms with Crippen LogP contribution in [0.2, 0.25) is 0 Å². The number of halogens is 4. The molecule has 1 heterocycles. The summed E-state index contributed by atoms with van der Waals surface area (Å²) in [6, 6.07) is 7.00. The Labute approximate surface area is 157 Å². The minimum absolute atomic E-state index is 0.100. The highest BCUT2D eigenvalue weighted by atomic mass is 19.4. The predicted molar refractivity (Wildman–Crippen MR) is 91.4 cm³/mol. The molecular weight excluding hydrogens is 380 g/mol. The summed E-state index contributed by atoms with van der Waals surface area (Å²) >= 11 is 0. The molecule has 0 saturated carbocycles. The molecule has 148 valence electrons. The molecule has 0 radical (unpaired) electrons. The van der Waals surface area contributed by atoms with Gasteiger partial charge >= 0.3 is 6.18 Å². The number of rotatable bonds is 4. The Morgan fingerprint density at radius 2 is 1.86 bits per heavy atom. The first-order chi connectivity index (χ1) is 13.2. The van der Waals surface area contributed by atoms with Crippen molar-refractivity contribution in [1.29, 1.82) is 0 Å². The molecule has 1 atom stereocenters. The van der Waals surface area contributed by atoms with Crippen LogP contribution in [0.4, 0.5) is 17.6 Å². The number of ether oxygens (including phenoxy) is 1. The van der Waals surface area contributed by atoms with Gasteiger partial charge in [0.05, 0.1) is 11.1 Å². The fourth-order valence-corrected chi connectivity index (χ4v) is 2.72. The van der Waals surface area contributed by atoms with Crippen molar-refractivity contribution in [2.75, 3.05) is 6.54 Å². The fourth-order valence-electron chi connectivity index (χ4n) is 2.72. The summed E-state index contributed by atoms with van der Waals surface area (Å²) in [6.45, 7) is 0.192. The van der Waals surface area contributed by atoms with Crippen molar-refractivity contribution in [2.45, 2.75) is 25.1 Å². The summed E-state index contributed by atoms with van der Waals surface area (Å²) in [4.78, 5) is 23.8. The van der Waals surface area contributed by atoms with Crippen molar-refractivity contribution in [3.8, 4) is 11.5 Å². The van der Waals surface area contributed by atoms with E-state index >= 15 is 0 Å². The summed E-state index contributed by atoms with van der Waals surface area (Å²) in [6.07, 6.45) is -4.04. The fraction of sp³-hybridized carbons (Fsp3) is 0.263. The number of amides is 2. The summed E-state index contributed by atoms with van der Waals surface area (Å²) in [5.74, 6) is -1.34. The molecule has 2 amide bonds. The molecular formula is C19H16F4N2O3. The number of hydrogen-bond acceptors (Lipinski definition) is 3. The molecule has 1 unspecified atom stereocenters. The van der Waals surface area contributed by atoms with E-state index in [9.17, 15) is 27.2 Å². The standard InChI is InChI=1S/C19H16F4N2O3/c20-12-2-5-14(6-3-12)28-16-7-1-11(19(21,22)23)9-15(16)18(27)25-13-4-8-17(26)24-10-13/h1-3,5-7,9,13H,4,8,10H2,(H,24,26)(H,25,27). The second-order valence-corrected chi connectivity index (χ2v) is 6.28. The van der Waals surface area contributed by atoms with Gasteiger partial charge in [-0.2, -0.15) is 13.2 Å². The summed E-state index contributed by atoms with van der Waals surface area (Å²) < 4.78 is 57.7. The largest absolute Gasteiger partial charge is 0.457 e. The number of hydrogen-bond donors (Lipinski definition) is 2. The van der Waals surface area contributed by atoms with Gasteiger partial charge < -0.3 is 15.4 Å². The van der Waals surface area contributed by atoms with Gasteiger partial charge in [-0.15, -0.1) is 0 Å². The molecule has 0 spiro atoms. The SMILES string of the molecule is O=C1CCC(NC(=O)c2cc(C(F)(F)F)ccc2Oc2ccc(F)cc2)CN1. The molecule has 28 heavy (non-hydrogen) atoms. The molecule has 1 aliphatic heterocycles. The molecule has 0 bridgehead atoms. The molecule has 9 heteroatoms. The van der Waals surface area contributed by atoms with Crippen molar-refractivity contribution < 1.29 is 31.9 Å². The Kier molecular flexibility index (Phi) is 5.53. The lowest BCUT2D eigenvalue weighted by Crippen LogP contribution is -2.47. The zero-order valence-electron chi connectivity index (χ0n) is 14.5. The number of alkyl halides is 3. The van der Waals surface area contributed by atoms with Crippen molar-refractivity contribution in [3.63, 3.8) is 0 Å². The zero-order valence-corrected chi connectivity index (χ0v) is 14.5. The van der Waals surface area contributed by atoms with Crippen molar-refractivity contribution >= 4 is 11.8 Å². The molecule has 2 aromatic rings. The van der Waals surface area contributed by atoms with E-state index < -0.39 is 29.5 Å². The van der Waals surface area contributed by atoms with Crippen LogP contribution in [0.25, 0.3) is 0 Å². The Bertz CT molecular complexity index is 872. The number of piperidine rings is 1. The highest BCUT2D eigenvalue weighted by Crippen LogP contribution is 2.34.